The second-order valence-electron chi connectivity index (χ2n) is 5.62. The van der Waals surface area contributed by atoms with Crippen LogP contribution >= 0.6 is 0 Å². The van der Waals surface area contributed by atoms with E-state index in [1.807, 2.05) is 0 Å². The number of nitrogens with one attached hydrogen (secondary N) is 1. The molecule has 2 fully saturated rings. The largest absolute Gasteiger partial charge is 0.481 e. The van der Waals surface area contributed by atoms with Crippen molar-refractivity contribution in [2.24, 2.45) is 23.7 Å². The van der Waals surface area contributed by atoms with E-state index in [0.717, 1.165) is 0 Å². The number of aliphatic carboxylic acids is 1. The zero-order valence-corrected chi connectivity index (χ0v) is 10.5. The number of carboxylic acids is 1. The third kappa shape index (κ3) is 2.99. The molecule has 4 heteroatoms. The Kier molecular flexibility index (Phi) is 3.40. The lowest BCUT2D eigenvalue weighted by atomic mass is 9.94. The number of amides is 1. The van der Waals surface area contributed by atoms with Gasteiger partial charge >= 0.3 is 5.97 Å². The number of hydrogen-bond acceptors (Lipinski definition) is 2. The first-order chi connectivity index (χ1) is 8.00. The Morgan fingerprint density at radius 3 is 1.88 bits per heavy atom. The molecule has 0 aliphatic heterocycles. The lowest BCUT2D eigenvalue weighted by molar-refractivity contribution is -0.146. The molecular weight excluding hydrogens is 218 g/mol. The van der Waals surface area contributed by atoms with Crippen molar-refractivity contribution in [2.45, 2.75) is 45.6 Å². The van der Waals surface area contributed by atoms with Crippen LogP contribution in [0.25, 0.3) is 0 Å². The lowest BCUT2D eigenvalue weighted by Gasteiger charge is -2.22. The minimum atomic E-state index is -0.901. The maximum atomic E-state index is 12.0. The van der Waals surface area contributed by atoms with Crippen molar-refractivity contribution >= 4 is 11.9 Å². The van der Waals surface area contributed by atoms with E-state index >= 15 is 0 Å². The van der Waals surface area contributed by atoms with Crippen molar-refractivity contribution in [2.75, 3.05) is 0 Å². The summed E-state index contributed by atoms with van der Waals surface area (Å²) in [7, 11) is 0. The maximum absolute atomic E-state index is 12.0. The summed E-state index contributed by atoms with van der Waals surface area (Å²) in [5.74, 6) is -0.759. The van der Waals surface area contributed by atoms with E-state index in [9.17, 15) is 9.59 Å². The average Bonchev–Trinajstić information content (AvgIpc) is 3.16. The Morgan fingerprint density at radius 2 is 1.53 bits per heavy atom. The Bertz CT molecular complexity index is 309. The van der Waals surface area contributed by atoms with Crippen molar-refractivity contribution in [3.8, 4) is 0 Å². The van der Waals surface area contributed by atoms with Gasteiger partial charge in [0.25, 0.3) is 0 Å². The fourth-order valence-electron chi connectivity index (χ4n) is 2.27. The molecule has 0 radical (unpaired) electrons. The van der Waals surface area contributed by atoms with Crippen LogP contribution in [0.1, 0.15) is 39.5 Å². The SMILES string of the molecule is CC(C(=O)O)C(C)C(=O)NC(C1CC1)C1CC1. The molecule has 4 nitrogen and oxygen atoms in total. The van der Waals surface area contributed by atoms with Crippen LogP contribution in [0.4, 0.5) is 0 Å². The molecule has 2 aliphatic carbocycles. The minimum absolute atomic E-state index is 0.0938. The highest BCUT2D eigenvalue weighted by atomic mass is 16.4. The van der Waals surface area contributed by atoms with Crippen LogP contribution in [0.5, 0.6) is 0 Å². The highest BCUT2D eigenvalue weighted by Gasteiger charge is 2.43. The van der Waals surface area contributed by atoms with Gasteiger partial charge in [-0.25, -0.2) is 0 Å². The third-order valence-electron chi connectivity index (χ3n) is 4.12. The topological polar surface area (TPSA) is 66.4 Å². The monoisotopic (exact) mass is 239 g/mol. The molecule has 2 aliphatic rings. The fraction of sp³-hybridized carbons (Fsp3) is 0.846. The normalized spacial score (nSPS) is 23.2. The average molecular weight is 239 g/mol. The Balaban J connectivity index is 1.88. The van der Waals surface area contributed by atoms with Gasteiger partial charge in [-0.05, 0) is 37.5 Å². The number of carbonyl (C=O) groups is 2. The highest BCUT2D eigenvalue weighted by Crippen LogP contribution is 2.44. The molecule has 2 N–H and O–H groups in total. The van der Waals surface area contributed by atoms with Crippen molar-refractivity contribution in [3.05, 3.63) is 0 Å². The lowest BCUT2D eigenvalue weighted by Crippen LogP contribution is -2.43. The predicted octanol–water partition coefficient (Wildman–Crippen LogP) is 1.65. The van der Waals surface area contributed by atoms with Crippen LogP contribution in [0.2, 0.25) is 0 Å². The summed E-state index contributed by atoms with van der Waals surface area (Å²) in [5, 5.41) is 12.0. The second-order valence-corrected chi connectivity index (χ2v) is 5.62. The van der Waals surface area contributed by atoms with Gasteiger partial charge in [-0.2, -0.15) is 0 Å². The van der Waals surface area contributed by atoms with Gasteiger partial charge in [-0.3, -0.25) is 9.59 Å². The van der Waals surface area contributed by atoms with Gasteiger partial charge in [0, 0.05) is 12.0 Å². The smallest absolute Gasteiger partial charge is 0.307 e. The molecule has 0 aromatic carbocycles. The zero-order valence-electron chi connectivity index (χ0n) is 10.5. The summed E-state index contributed by atoms with van der Waals surface area (Å²) in [6.07, 6.45) is 4.85. The van der Waals surface area contributed by atoms with E-state index in [2.05, 4.69) is 5.32 Å². The van der Waals surface area contributed by atoms with Gasteiger partial charge < -0.3 is 10.4 Å². The molecule has 17 heavy (non-hydrogen) atoms. The molecule has 2 atom stereocenters. The molecule has 1 amide bonds. The fourth-order valence-corrected chi connectivity index (χ4v) is 2.27. The van der Waals surface area contributed by atoms with Gasteiger partial charge in [0.15, 0.2) is 0 Å². The zero-order chi connectivity index (χ0) is 12.6. The van der Waals surface area contributed by atoms with Crippen LogP contribution in [-0.2, 0) is 9.59 Å². The molecule has 0 heterocycles. The van der Waals surface area contributed by atoms with Crippen LogP contribution in [0.3, 0.4) is 0 Å². The van der Waals surface area contributed by atoms with Crippen molar-refractivity contribution < 1.29 is 14.7 Å². The Morgan fingerprint density at radius 1 is 1.06 bits per heavy atom. The van der Waals surface area contributed by atoms with Gasteiger partial charge in [0.1, 0.15) is 0 Å². The summed E-state index contributed by atoms with van der Waals surface area (Å²) in [4.78, 5) is 22.8. The predicted molar refractivity (Wildman–Crippen MR) is 63.3 cm³/mol. The summed E-state index contributed by atoms with van der Waals surface area (Å²) < 4.78 is 0. The maximum Gasteiger partial charge on any atom is 0.307 e. The van der Waals surface area contributed by atoms with Gasteiger partial charge in [-0.1, -0.05) is 13.8 Å². The summed E-state index contributed by atoms with van der Waals surface area (Å²) in [6.45, 7) is 3.29. The first-order valence-corrected chi connectivity index (χ1v) is 6.54. The summed E-state index contributed by atoms with van der Waals surface area (Å²) in [5.41, 5.74) is 0. The van der Waals surface area contributed by atoms with Crippen LogP contribution < -0.4 is 5.32 Å². The van der Waals surface area contributed by atoms with Gasteiger partial charge in [0.2, 0.25) is 5.91 Å². The highest BCUT2D eigenvalue weighted by molar-refractivity contribution is 5.84. The van der Waals surface area contributed by atoms with E-state index in [0.29, 0.717) is 17.9 Å². The third-order valence-corrected chi connectivity index (χ3v) is 4.12. The van der Waals surface area contributed by atoms with Crippen LogP contribution in [0.15, 0.2) is 0 Å². The first kappa shape index (κ1) is 12.4. The second kappa shape index (κ2) is 4.67. The molecule has 0 bridgehead atoms. The van der Waals surface area contributed by atoms with Crippen molar-refractivity contribution in [1.82, 2.24) is 5.32 Å². The quantitative estimate of drug-likeness (QED) is 0.740. The van der Waals surface area contributed by atoms with E-state index in [1.165, 1.54) is 25.7 Å². The molecule has 0 aromatic heterocycles. The van der Waals surface area contributed by atoms with E-state index in [-0.39, 0.29) is 5.91 Å². The molecule has 2 unspecified atom stereocenters. The van der Waals surface area contributed by atoms with Crippen molar-refractivity contribution in [1.29, 1.82) is 0 Å². The molecule has 0 saturated heterocycles. The Hall–Kier alpha value is -1.06. The van der Waals surface area contributed by atoms with Gasteiger partial charge in [-0.15, -0.1) is 0 Å². The number of carbonyl (C=O) groups excluding carboxylic acids is 1. The number of rotatable bonds is 6. The molecule has 96 valence electrons. The number of hydrogen-bond donors (Lipinski definition) is 2. The number of carboxylic acid groups (broad SMARTS) is 1. The van der Waals surface area contributed by atoms with E-state index in [4.69, 9.17) is 5.11 Å². The Labute approximate surface area is 102 Å². The standard InChI is InChI=1S/C13H21NO3/c1-7(8(2)13(16)17)12(15)14-11(9-3-4-9)10-5-6-10/h7-11H,3-6H2,1-2H3,(H,14,15)(H,16,17). The van der Waals surface area contributed by atoms with Crippen molar-refractivity contribution in [3.63, 3.8) is 0 Å². The van der Waals surface area contributed by atoms with E-state index < -0.39 is 17.8 Å². The van der Waals surface area contributed by atoms with E-state index in [1.54, 1.807) is 13.8 Å². The first-order valence-electron chi connectivity index (χ1n) is 6.54. The van der Waals surface area contributed by atoms with Gasteiger partial charge in [0.05, 0.1) is 5.92 Å². The minimum Gasteiger partial charge on any atom is -0.481 e. The molecule has 2 rings (SSSR count). The molecule has 0 spiro atoms. The van der Waals surface area contributed by atoms with Crippen LogP contribution in [0, 0.1) is 23.7 Å². The molecule has 2 saturated carbocycles. The molecular formula is C13H21NO3. The van der Waals surface area contributed by atoms with Crippen LogP contribution in [-0.4, -0.2) is 23.0 Å². The summed E-state index contributed by atoms with van der Waals surface area (Å²) >= 11 is 0. The molecule has 0 aromatic rings. The summed E-state index contributed by atoms with van der Waals surface area (Å²) in [6, 6.07) is 0.311.